The summed E-state index contributed by atoms with van der Waals surface area (Å²) in [6.07, 6.45) is 3.31. The highest BCUT2D eigenvalue weighted by molar-refractivity contribution is 7.10. The first kappa shape index (κ1) is 15.1. The third kappa shape index (κ3) is 4.10. The number of halogens is 2. The highest BCUT2D eigenvalue weighted by atomic mass is 35.5. The van der Waals surface area contributed by atoms with Crippen LogP contribution in [0.2, 0.25) is 10.0 Å². The summed E-state index contributed by atoms with van der Waals surface area (Å²) in [5.41, 5.74) is 0.842. The second kappa shape index (κ2) is 6.93. The van der Waals surface area contributed by atoms with Crippen LogP contribution in [0, 0.1) is 0 Å². The van der Waals surface area contributed by atoms with E-state index in [0.717, 1.165) is 10.4 Å². The van der Waals surface area contributed by atoms with Crippen LogP contribution in [0.25, 0.3) is 6.08 Å². The largest absolute Gasteiger partial charge is 0.346 e. The zero-order chi connectivity index (χ0) is 14.5. The quantitative estimate of drug-likeness (QED) is 0.792. The van der Waals surface area contributed by atoms with Crippen molar-refractivity contribution >= 4 is 46.5 Å². The number of hydrogen-bond acceptors (Lipinski definition) is 2. The van der Waals surface area contributed by atoms with Gasteiger partial charge in [-0.1, -0.05) is 35.3 Å². The van der Waals surface area contributed by atoms with E-state index in [1.807, 2.05) is 30.5 Å². The average Bonchev–Trinajstić information content (AvgIpc) is 2.89. The number of benzene rings is 1. The van der Waals surface area contributed by atoms with Gasteiger partial charge in [0.15, 0.2) is 0 Å². The fraction of sp³-hybridized carbons (Fsp3) is 0.133. The van der Waals surface area contributed by atoms with E-state index in [0.29, 0.717) is 10.0 Å². The van der Waals surface area contributed by atoms with Gasteiger partial charge in [-0.05, 0) is 42.1 Å². The van der Waals surface area contributed by atoms with Crippen molar-refractivity contribution in [3.05, 3.63) is 62.3 Å². The normalized spacial score (nSPS) is 12.6. The molecule has 1 N–H and O–H groups in total. The summed E-state index contributed by atoms with van der Waals surface area (Å²) >= 11 is 13.5. The van der Waals surface area contributed by atoms with Crippen molar-refractivity contribution in [2.75, 3.05) is 0 Å². The van der Waals surface area contributed by atoms with Gasteiger partial charge in [-0.15, -0.1) is 11.3 Å². The molecule has 104 valence electrons. The van der Waals surface area contributed by atoms with Crippen LogP contribution in [-0.2, 0) is 4.79 Å². The molecule has 0 spiro atoms. The summed E-state index contributed by atoms with van der Waals surface area (Å²) in [6, 6.07) is 8.96. The van der Waals surface area contributed by atoms with E-state index in [4.69, 9.17) is 23.2 Å². The lowest BCUT2D eigenvalue weighted by atomic mass is 10.1. The molecule has 2 aromatic rings. The zero-order valence-electron chi connectivity index (χ0n) is 10.8. The van der Waals surface area contributed by atoms with Crippen LogP contribution in [0.4, 0.5) is 0 Å². The summed E-state index contributed by atoms with van der Waals surface area (Å²) in [6.45, 7) is 1.88. The Morgan fingerprint density at radius 2 is 2.15 bits per heavy atom. The van der Waals surface area contributed by atoms with E-state index in [1.165, 1.54) is 6.08 Å². The molecule has 0 fully saturated rings. The number of rotatable bonds is 4. The van der Waals surface area contributed by atoms with Crippen molar-refractivity contribution in [1.82, 2.24) is 5.32 Å². The Kier molecular flexibility index (Phi) is 5.24. The lowest BCUT2D eigenvalue weighted by molar-refractivity contribution is -0.117. The Morgan fingerprint density at radius 3 is 2.80 bits per heavy atom. The third-order valence-electron chi connectivity index (χ3n) is 2.73. The maximum atomic E-state index is 11.8. The van der Waals surface area contributed by atoms with E-state index < -0.39 is 0 Å². The predicted octanol–water partition coefficient (Wildman–Crippen LogP) is 4.95. The van der Waals surface area contributed by atoms with E-state index in [9.17, 15) is 4.79 Å². The number of nitrogens with one attached hydrogen (secondary N) is 1. The van der Waals surface area contributed by atoms with Crippen LogP contribution >= 0.6 is 34.5 Å². The second-order valence-corrected chi connectivity index (χ2v) is 6.07. The van der Waals surface area contributed by atoms with Crippen LogP contribution in [0.1, 0.15) is 23.4 Å². The minimum absolute atomic E-state index is 0.156. The van der Waals surface area contributed by atoms with Crippen molar-refractivity contribution in [3.63, 3.8) is 0 Å². The molecule has 1 heterocycles. The van der Waals surface area contributed by atoms with Crippen LogP contribution < -0.4 is 5.32 Å². The standard InChI is InChI=1S/C15H13Cl2NOS/c1-10(13-6-4-11(16)9-14(13)17)18-15(19)7-5-12-3-2-8-20-12/h2-10H,1H3,(H,18,19)/b7-5+/t10-/m0/s1. The smallest absolute Gasteiger partial charge is 0.244 e. The molecule has 0 aliphatic heterocycles. The summed E-state index contributed by atoms with van der Waals surface area (Å²) in [5, 5.41) is 5.96. The van der Waals surface area contributed by atoms with Gasteiger partial charge < -0.3 is 5.32 Å². The van der Waals surface area contributed by atoms with Gasteiger partial charge in [0.2, 0.25) is 5.91 Å². The Labute approximate surface area is 132 Å². The van der Waals surface area contributed by atoms with E-state index in [-0.39, 0.29) is 11.9 Å². The molecule has 20 heavy (non-hydrogen) atoms. The highest BCUT2D eigenvalue weighted by Crippen LogP contribution is 2.26. The molecule has 0 saturated carbocycles. The number of amides is 1. The maximum Gasteiger partial charge on any atom is 0.244 e. The van der Waals surface area contributed by atoms with Crippen molar-refractivity contribution in [1.29, 1.82) is 0 Å². The van der Waals surface area contributed by atoms with Crippen molar-refractivity contribution in [3.8, 4) is 0 Å². The number of carbonyl (C=O) groups is 1. The van der Waals surface area contributed by atoms with Gasteiger partial charge in [0.05, 0.1) is 6.04 Å². The fourth-order valence-electron chi connectivity index (χ4n) is 1.74. The van der Waals surface area contributed by atoms with Crippen LogP contribution in [0.5, 0.6) is 0 Å². The minimum Gasteiger partial charge on any atom is -0.346 e. The molecule has 5 heteroatoms. The molecule has 1 aromatic carbocycles. The van der Waals surface area contributed by atoms with E-state index in [2.05, 4.69) is 5.32 Å². The van der Waals surface area contributed by atoms with Crippen LogP contribution in [0.3, 0.4) is 0 Å². The molecule has 0 bridgehead atoms. The monoisotopic (exact) mass is 325 g/mol. The Bertz CT molecular complexity index is 623. The molecule has 0 aliphatic rings. The molecule has 0 unspecified atom stereocenters. The minimum atomic E-state index is -0.180. The first-order valence-electron chi connectivity index (χ1n) is 6.03. The topological polar surface area (TPSA) is 29.1 Å². The summed E-state index contributed by atoms with van der Waals surface area (Å²) in [7, 11) is 0. The van der Waals surface area contributed by atoms with Gasteiger partial charge in [0.25, 0.3) is 0 Å². The zero-order valence-corrected chi connectivity index (χ0v) is 13.1. The van der Waals surface area contributed by atoms with Gasteiger partial charge in [-0.25, -0.2) is 0 Å². The molecule has 1 amide bonds. The van der Waals surface area contributed by atoms with Gasteiger partial charge in [0.1, 0.15) is 0 Å². The maximum absolute atomic E-state index is 11.8. The van der Waals surface area contributed by atoms with Crippen LogP contribution in [-0.4, -0.2) is 5.91 Å². The van der Waals surface area contributed by atoms with E-state index >= 15 is 0 Å². The molecule has 2 nitrogen and oxygen atoms in total. The second-order valence-electron chi connectivity index (χ2n) is 4.24. The Hall–Kier alpha value is -1.29. The van der Waals surface area contributed by atoms with E-state index in [1.54, 1.807) is 29.5 Å². The third-order valence-corrected chi connectivity index (χ3v) is 4.13. The average molecular weight is 326 g/mol. The first-order chi connectivity index (χ1) is 9.56. The summed E-state index contributed by atoms with van der Waals surface area (Å²) in [4.78, 5) is 12.9. The van der Waals surface area contributed by atoms with Gasteiger partial charge in [-0.2, -0.15) is 0 Å². The Balaban J connectivity index is 2.00. The van der Waals surface area contributed by atoms with Crippen molar-refractivity contribution in [2.24, 2.45) is 0 Å². The number of thiophene rings is 1. The summed E-state index contributed by atoms with van der Waals surface area (Å²) < 4.78 is 0. The molecule has 1 atom stereocenters. The lowest BCUT2D eigenvalue weighted by Gasteiger charge is -2.14. The van der Waals surface area contributed by atoms with Gasteiger partial charge >= 0.3 is 0 Å². The molecule has 0 aliphatic carbocycles. The molecule has 0 saturated heterocycles. The highest BCUT2D eigenvalue weighted by Gasteiger charge is 2.11. The van der Waals surface area contributed by atoms with Gasteiger partial charge in [0, 0.05) is 21.0 Å². The number of hydrogen-bond donors (Lipinski definition) is 1. The van der Waals surface area contributed by atoms with Crippen molar-refractivity contribution < 1.29 is 4.79 Å². The molecule has 0 radical (unpaired) electrons. The fourth-order valence-corrected chi connectivity index (χ4v) is 2.93. The molecule has 2 rings (SSSR count). The lowest BCUT2D eigenvalue weighted by Crippen LogP contribution is -2.24. The summed E-state index contributed by atoms with van der Waals surface area (Å²) in [5.74, 6) is -0.156. The predicted molar refractivity (Wildman–Crippen MR) is 86.4 cm³/mol. The van der Waals surface area contributed by atoms with Crippen molar-refractivity contribution in [2.45, 2.75) is 13.0 Å². The SMILES string of the molecule is C[C@H](NC(=O)/C=C/c1cccs1)c1ccc(Cl)cc1Cl. The van der Waals surface area contributed by atoms with Gasteiger partial charge in [-0.3, -0.25) is 4.79 Å². The Morgan fingerprint density at radius 1 is 1.35 bits per heavy atom. The molecular formula is C15H13Cl2NOS. The first-order valence-corrected chi connectivity index (χ1v) is 7.67. The van der Waals surface area contributed by atoms with Crippen LogP contribution in [0.15, 0.2) is 41.8 Å². The molecular weight excluding hydrogens is 313 g/mol. The molecule has 1 aromatic heterocycles. The number of carbonyl (C=O) groups excluding carboxylic acids is 1.